The molecule has 0 saturated carbocycles. The molecule has 5 heterocycles. The van der Waals surface area contributed by atoms with Gasteiger partial charge in [-0.15, -0.1) is 0 Å². The van der Waals surface area contributed by atoms with Gasteiger partial charge in [-0.2, -0.15) is 4.99 Å². The maximum Gasteiger partial charge on any atom is 0.433 e. The van der Waals surface area contributed by atoms with Crippen LogP contribution < -0.4 is 10.2 Å². The van der Waals surface area contributed by atoms with E-state index in [0.29, 0.717) is 35.0 Å². The van der Waals surface area contributed by atoms with Crippen molar-refractivity contribution in [2.45, 2.75) is 57.6 Å². The van der Waals surface area contributed by atoms with Crippen LogP contribution in [0.2, 0.25) is 0 Å². The molecule has 55 heavy (non-hydrogen) atoms. The summed E-state index contributed by atoms with van der Waals surface area (Å²) in [7, 11) is -4.17. The number of rotatable bonds is 8. The minimum Gasteiger partial charge on any atom is -0.442 e. The lowest BCUT2D eigenvalue weighted by atomic mass is 9.97. The summed E-state index contributed by atoms with van der Waals surface area (Å²) >= 11 is 0. The van der Waals surface area contributed by atoms with Gasteiger partial charge in [-0.25, -0.2) is 26.6 Å². The van der Waals surface area contributed by atoms with Crippen LogP contribution in [0.25, 0.3) is 33.1 Å². The van der Waals surface area contributed by atoms with Crippen molar-refractivity contribution in [1.82, 2.24) is 24.2 Å². The van der Waals surface area contributed by atoms with Crippen LogP contribution in [0.4, 0.5) is 14.9 Å². The van der Waals surface area contributed by atoms with E-state index in [1.54, 1.807) is 75.9 Å². The fourth-order valence-electron chi connectivity index (χ4n) is 6.66. The van der Waals surface area contributed by atoms with Crippen LogP contribution in [0.3, 0.4) is 0 Å². The molecule has 1 fully saturated rings. The summed E-state index contributed by atoms with van der Waals surface area (Å²) in [5.41, 5.74) is 2.91. The molecule has 14 heteroatoms. The van der Waals surface area contributed by atoms with Gasteiger partial charge in [-0.1, -0.05) is 23.8 Å². The van der Waals surface area contributed by atoms with Gasteiger partial charge in [-0.3, -0.25) is 14.8 Å². The average molecular weight is 762 g/mol. The summed E-state index contributed by atoms with van der Waals surface area (Å²) in [6, 6.07) is 16.6. The Bertz CT molecular complexity index is 2550. The summed E-state index contributed by atoms with van der Waals surface area (Å²) in [6.07, 6.45) is 10.2. The molecule has 0 aliphatic carbocycles. The second-order valence-corrected chi connectivity index (χ2v) is 16.4. The smallest absolute Gasteiger partial charge is 0.433 e. The van der Waals surface area contributed by atoms with Crippen LogP contribution >= 0.6 is 0 Å². The maximum atomic E-state index is 16.2. The summed E-state index contributed by atoms with van der Waals surface area (Å²) < 4.78 is 50.8. The molecular formula is C41H40FN7O5S. The lowest BCUT2D eigenvalue weighted by molar-refractivity contribution is 0.0604. The number of piperidine rings is 1. The number of amides is 2. The highest BCUT2D eigenvalue weighted by Gasteiger charge is 2.26. The molecule has 282 valence electrons. The number of nitrogens with zero attached hydrogens (tertiary/aromatic N) is 6. The SMILES string of the molecule is Cc1ccc(S(=O)(=O)n2cc(-c3cc(F)c4nccc(N5CCCC(C=NC(=O)OC(C)(C)C)C5)c4c3)c3cc(C(=O)NCc4cccnc4)cnc32)cc1. The molecule has 1 N–H and O–H groups in total. The van der Waals surface area contributed by atoms with E-state index in [1.807, 2.05) is 19.1 Å². The third-order valence-corrected chi connectivity index (χ3v) is 11.0. The number of hydrogen-bond donors (Lipinski definition) is 1. The van der Waals surface area contributed by atoms with Gasteiger partial charge in [0.05, 0.1) is 10.5 Å². The number of aromatic nitrogens is 4. The highest BCUT2D eigenvalue weighted by Crippen LogP contribution is 2.38. The topological polar surface area (TPSA) is 149 Å². The van der Waals surface area contributed by atoms with E-state index in [2.05, 4.69) is 30.2 Å². The van der Waals surface area contributed by atoms with E-state index in [0.717, 1.165) is 33.6 Å². The predicted molar refractivity (Wildman–Crippen MR) is 209 cm³/mol. The third-order valence-electron chi connectivity index (χ3n) is 9.30. The van der Waals surface area contributed by atoms with Gasteiger partial charge in [0.15, 0.2) is 5.65 Å². The molecule has 12 nitrogen and oxygen atoms in total. The van der Waals surface area contributed by atoms with Gasteiger partial charge in [0.2, 0.25) is 0 Å². The number of aryl methyl sites for hydroxylation is 1. The Morgan fingerprint density at radius 1 is 1.04 bits per heavy atom. The fraction of sp³-hybridized carbons (Fsp3) is 0.268. The van der Waals surface area contributed by atoms with Gasteiger partial charge < -0.3 is 15.0 Å². The first-order chi connectivity index (χ1) is 26.3. The lowest BCUT2D eigenvalue weighted by Crippen LogP contribution is -2.36. The van der Waals surface area contributed by atoms with Gasteiger partial charge in [0.1, 0.15) is 16.9 Å². The Labute approximate surface area is 318 Å². The van der Waals surface area contributed by atoms with E-state index < -0.39 is 33.4 Å². The van der Waals surface area contributed by atoms with Gasteiger partial charge in [-0.05, 0) is 94.1 Å². The lowest BCUT2D eigenvalue weighted by Gasteiger charge is -2.33. The van der Waals surface area contributed by atoms with Crippen molar-refractivity contribution >= 4 is 55.9 Å². The molecule has 0 spiro atoms. The molecule has 4 aromatic heterocycles. The Morgan fingerprint density at radius 3 is 2.58 bits per heavy atom. The van der Waals surface area contributed by atoms with Crippen molar-refractivity contribution in [2.24, 2.45) is 10.9 Å². The molecule has 1 aliphatic heterocycles. The Hall–Kier alpha value is -6.02. The molecule has 2 amide bonds. The van der Waals surface area contributed by atoms with E-state index in [1.165, 1.54) is 30.6 Å². The van der Waals surface area contributed by atoms with E-state index in [-0.39, 0.29) is 34.1 Å². The molecule has 1 unspecified atom stereocenters. The molecule has 7 rings (SSSR count). The molecule has 1 aliphatic rings. The zero-order valence-corrected chi connectivity index (χ0v) is 31.7. The number of halogens is 1. The standard InChI is InChI=1S/C41H40FN7O5S/c1-26-9-11-31(12-10-26)55(52,53)49-25-34(32-18-30(23-45-38(32)49)39(50)46-21-27-7-5-14-43-20-27)29-17-33-36(13-15-44-37(33)35(42)19-29)48-16-6-8-28(24-48)22-47-40(51)54-41(2,3)4/h5,7,9-15,17-20,22-23,25,28H,6,8,16,21,24H2,1-4H3,(H,46,50). The summed E-state index contributed by atoms with van der Waals surface area (Å²) in [5, 5.41) is 3.71. The van der Waals surface area contributed by atoms with Crippen molar-refractivity contribution < 1.29 is 27.1 Å². The molecule has 6 aromatic rings. The first-order valence-electron chi connectivity index (χ1n) is 17.9. The number of aliphatic imine (C=N–C) groups is 1. The average Bonchev–Trinajstić information content (AvgIpc) is 3.56. The molecule has 2 aromatic carbocycles. The quantitative estimate of drug-likeness (QED) is 0.156. The van der Waals surface area contributed by atoms with Crippen molar-refractivity contribution in [2.75, 3.05) is 18.0 Å². The largest absolute Gasteiger partial charge is 0.442 e. The number of hydrogen-bond acceptors (Lipinski definition) is 9. The van der Waals surface area contributed by atoms with Crippen molar-refractivity contribution in [3.05, 3.63) is 114 Å². The van der Waals surface area contributed by atoms with E-state index >= 15 is 4.39 Å². The zero-order chi connectivity index (χ0) is 38.9. The van der Waals surface area contributed by atoms with E-state index in [9.17, 15) is 18.0 Å². The Morgan fingerprint density at radius 2 is 1.84 bits per heavy atom. The second-order valence-electron chi connectivity index (χ2n) is 14.6. The molecule has 0 bridgehead atoms. The third kappa shape index (κ3) is 8.09. The Balaban J connectivity index is 1.30. The molecule has 0 radical (unpaired) electrons. The highest BCUT2D eigenvalue weighted by molar-refractivity contribution is 7.90. The number of benzene rings is 2. The summed E-state index contributed by atoms with van der Waals surface area (Å²) in [4.78, 5) is 44.8. The number of carbonyl (C=O) groups is 2. The number of carbonyl (C=O) groups excluding carboxylic acids is 2. The van der Waals surface area contributed by atoms with Crippen LogP contribution in [0.15, 0.2) is 102 Å². The number of ether oxygens (including phenoxy) is 1. The monoisotopic (exact) mass is 761 g/mol. The minimum absolute atomic E-state index is 0.0488. The summed E-state index contributed by atoms with van der Waals surface area (Å²) in [6.45, 7) is 8.62. The number of nitrogens with one attached hydrogen (secondary N) is 1. The number of pyridine rings is 3. The van der Waals surface area contributed by atoms with Crippen LogP contribution in [0, 0.1) is 18.7 Å². The normalized spacial score (nSPS) is 15.1. The van der Waals surface area contributed by atoms with Crippen LogP contribution in [-0.2, 0) is 21.3 Å². The van der Waals surface area contributed by atoms with Crippen LogP contribution in [-0.4, -0.2) is 64.2 Å². The summed E-state index contributed by atoms with van der Waals surface area (Å²) in [5.74, 6) is -1.09. The first-order valence-corrected chi connectivity index (χ1v) is 19.3. The first kappa shape index (κ1) is 37.3. The minimum atomic E-state index is -4.17. The van der Waals surface area contributed by atoms with Gasteiger partial charge >= 0.3 is 6.09 Å². The Kier molecular flexibility index (Phi) is 10.2. The maximum absolute atomic E-state index is 16.2. The van der Waals surface area contributed by atoms with Crippen molar-refractivity contribution in [3.8, 4) is 11.1 Å². The van der Waals surface area contributed by atoms with Crippen molar-refractivity contribution in [1.29, 1.82) is 0 Å². The highest BCUT2D eigenvalue weighted by atomic mass is 32.2. The predicted octanol–water partition coefficient (Wildman–Crippen LogP) is 7.48. The number of fused-ring (bicyclic) bond motifs is 2. The second kappa shape index (κ2) is 15.0. The molecular weight excluding hydrogens is 722 g/mol. The van der Waals surface area contributed by atoms with Crippen LogP contribution in [0.5, 0.6) is 0 Å². The number of anilines is 1. The molecule has 1 saturated heterocycles. The van der Waals surface area contributed by atoms with Crippen LogP contribution in [0.1, 0.15) is 55.1 Å². The van der Waals surface area contributed by atoms with Gasteiger partial charge in [0.25, 0.3) is 15.9 Å². The zero-order valence-electron chi connectivity index (χ0n) is 30.9. The molecule has 1 atom stereocenters. The fourth-order valence-corrected chi connectivity index (χ4v) is 7.99. The van der Waals surface area contributed by atoms with E-state index in [4.69, 9.17) is 4.74 Å². The van der Waals surface area contributed by atoms with Gasteiger partial charge in [0, 0.05) is 84.8 Å². The van der Waals surface area contributed by atoms with Crippen molar-refractivity contribution in [3.63, 3.8) is 0 Å².